The molecule has 6 nitrogen and oxygen atoms in total. The van der Waals surface area contributed by atoms with Crippen LogP contribution in [0.1, 0.15) is 12.4 Å². The maximum absolute atomic E-state index is 12.8. The zero-order valence-electron chi connectivity index (χ0n) is 14.0. The molecule has 0 unspecified atom stereocenters. The summed E-state index contributed by atoms with van der Waals surface area (Å²) in [6.07, 6.45) is 2.59. The molecule has 0 bridgehead atoms. The molecule has 0 saturated carbocycles. The number of aliphatic imine (C=N–C) groups is 1. The maximum atomic E-state index is 12.8. The highest BCUT2D eigenvalue weighted by atomic mass is 35.5. The van der Waals surface area contributed by atoms with E-state index in [0.29, 0.717) is 24.1 Å². The zero-order chi connectivity index (χ0) is 18.2. The van der Waals surface area contributed by atoms with Gasteiger partial charge in [0.05, 0.1) is 13.1 Å². The molecule has 0 fully saturated rings. The van der Waals surface area contributed by atoms with Gasteiger partial charge < -0.3 is 15.0 Å². The van der Waals surface area contributed by atoms with Crippen LogP contribution in [0.5, 0.6) is 5.75 Å². The van der Waals surface area contributed by atoms with Crippen molar-refractivity contribution >= 4 is 17.6 Å². The SMILES string of the molecule is CN=C(NCc1nccn1C(F)F)N(C)CCOc1ccc(Cl)cc1. The third kappa shape index (κ3) is 5.60. The van der Waals surface area contributed by atoms with Crippen molar-refractivity contribution in [3.63, 3.8) is 0 Å². The van der Waals surface area contributed by atoms with Crippen molar-refractivity contribution in [2.45, 2.75) is 13.1 Å². The average Bonchev–Trinajstić information content (AvgIpc) is 3.06. The van der Waals surface area contributed by atoms with Gasteiger partial charge in [-0.15, -0.1) is 0 Å². The topological polar surface area (TPSA) is 54.7 Å². The monoisotopic (exact) mass is 371 g/mol. The molecular weight excluding hydrogens is 352 g/mol. The van der Waals surface area contributed by atoms with Gasteiger partial charge >= 0.3 is 6.55 Å². The molecule has 2 rings (SSSR count). The van der Waals surface area contributed by atoms with Gasteiger partial charge in [-0.2, -0.15) is 8.78 Å². The number of hydrogen-bond donors (Lipinski definition) is 1. The van der Waals surface area contributed by atoms with Crippen molar-refractivity contribution in [2.75, 3.05) is 27.2 Å². The van der Waals surface area contributed by atoms with Crippen LogP contribution in [-0.2, 0) is 6.54 Å². The predicted octanol–water partition coefficient (Wildman–Crippen LogP) is 3.02. The van der Waals surface area contributed by atoms with E-state index in [1.54, 1.807) is 31.3 Å². The summed E-state index contributed by atoms with van der Waals surface area (Å²) >= 11 is 5.82. The molecule has 0 amide bonds. The van der Waals surface area contributed by atoms with Crippen molar-refractivity contribution in [1.82, 2.24) is 19.8 Å². The Labute approximate surface area is 150 Å². The Morgan fingerprint density at radius 3 is 2.76 bits per heavy atom. The summed E-state index contributed by atoms with van der Waals surface area (Å²) < 4.78 is 32.1. The number of halogens is 3. The highest BCUT2D eigenvalue weighted by Gasteiger charge is 2.12. The normalized spacial score (nSPS) is 11.7. The number of alkyl halides is 2. The molecule has 0 saturated heterocycles. The van der Waals surface area contributed by atoms with Crippen molar-refractivity contribution in [1.29, 1.82) is 0 Å². The second-order valence-corrected chi connectivity index (χ2v) is 5.59. The Kier molecular flexibility index (Phi) is 7.00. The number of rotatable bonds is 7. The molecule has 1 heterocycles. The quantitative estimate of drug-likeness (QED) is 0.600. The summed E-state index contributed by atoms with van der Waals surface area (Å²) in [5.74, 6) is 1.52. The number of guanidine groups is 1. The number of nitrogens with one attached hydrogen (secondary N) is 1. The molecule has 9 heteroatoms. The smallest absolute Gasteiger partial charge is 0.319 e. The van der Waals surface area contributed by atoms with Crippen LogP contribution in [0.4, 0.5) is 8.78 Å². The maximum Gasteiger partial charge on any atom is 0.319 e. The number of nitrogens with zero attached hydrogens (tertiary/aromatic N) is 4. The third-order valence-electron chi connectivity index (χ3n) is 3.45. The van der Waals surface area contributed by atoms with Crippen LogP contribution < -0.4 is 10.1 Å². The summed E-state index contributed by atoms with van der Waals surface area (Å²) in [5.41, 5.74) is 0. The van der Waals surface area contributed by atoms with E-state index in [9.17, 15) is 8.78 Å². The van der Waals surface area contributed by atoms with Gasteiger partial charge in [-0.1, -0.05) is 11.6 Å². The molecule has 1 N–H and O–H groups in total. The van der Waals surface area contributed by atoms with E-state index >= 15 is 0 Å². The van der Waals surface area contributed by atoms with Gasteiger partial charge in [0, 0.05) is 31.5 Å². The van der Waals surface area contributed by atoms with Gasteiger partial charge in [0.25, 0.3) is 0 Å². The highest BCUT2D eigenvalue weighted by molar-refractivity contribution is 6.30. The van der Waals surface area contributed by atoms with Gasteiger partial charge in [0.15, 0.2) is 5.96 Å². The van der Waals surface area contributed by atoms with Crippen LogP contribution in [0.3, 0.4) is 0 Å². The molecule has 0 atom stereocenters. The van der Waals surface area contributed by atoms with Crippen LogP contribution in [-0.4, -0.2) is 47.7 Å². The van der Waals surface area contributed by atoms with Gasteiger partial charge in [-0.25, -0.2) is 4.98 Å². The molecule has 0 aliphatic heterocycles. The minimum atomic E-state index is -2.62. The molecule has 0 aliphatic carbocycles. The minimum Gasteiger partial charge on any atom is -0.492 e. The first kappa shape index (κ1) is 19.0. The molecule has 0 aliphatic rings. The Morgan fingerprint density at radius 1 is 1.40 bits per heavy atom. The Balaban J connectivity index is 1.81. The largest absolute Gasteiger partial charge is 0.492 e. The number of imidazole rings is 1. The fourth-order valence-electron chi connectivity index (χ4n) is 2.14. The second-order valence-electron chi connectivity index (χ2n) is 5.15. The summed E-state index contributed by atoms with van der Waals surface area (Å²) in [4.78, 5) is 9.90. The van der Waals surface area contributed by atoms with Crippen molar-refractivity contribution in [3.05, 3.63) is 47.5 Å². The van der Waals surface area contributed by atoms with Crippen molar-refractivity contribution in [2.24, 2.45) is 4.99 Å². The summed E-state index contributed by atoms with van der Waals surface area (Å²) in [6.45, 7) is -1.48. The molecule has 0 spiro atoms. The lowest BCUT2D eigenvalue weighted by molar-refractivity contribution is 0.0668. The van der Waals surface area contributed by atoms with Gasteiger partial charge in [-0.05, 0) is 24.3 Å². The van der Waals surface area contributed by atoms with Crippen LogP contribution in [0.2, 0.25) is 5.02 Å². The fraction of sp³-hybridized carbons (Fsp3) is 0.375. The first-order valence-corrected chi connectivity index (χ1v) is 7.99. The minimum absolute atomic E-state index is 0.145. The number of likely N-dealkylation sites (N-methyl/N-ethyl adjacent to an activating group) is 1. The van der Waals surface area contributed by atoms with E-state index in [0.717, 1.165) is 10.3 Å². The standard InChI is InChI=1S/C16H20ClF2N5O/c1-20-16(22-11-14-21-7-8-24(14)15(18)19)23(2)9-10-25-13-5-3-12(17)4-6-13/h3-8,15H,9-11H2,1-2H3,(H,20,22). The average molecular weight is 372 g/mol. The van der Waals surface area contributed by atoms with Crippen LogP contribution in [0.25, 0.3) is 0 Å². The van der Waals surface area contributed by atoms with Crippen LogP contribution in [0, 0.1) is 0 Å². The Bertz CT molecular complexity index is 690. The summed E-state index contributed by atoms with van der Waals surface area (Å²) in [7, 11) is 3.46. The van der Waals surface area contributed by atoms with Gasteiger partial charge in [-0.3, -0.25) is 9.56 Å². The lowest BCUT2D eigenvalue weighted by atomic mass is 10.3. The lowest BCUT2D eigenvalue weighted by Crippen LogP contribution is -2.40. The number of benzene rings is 1. The van der Waals surface area contributed by atoms with E-state index in [1.807, 2.05) is 11.9 Å². The first-order chi connectivity index (χ1) is 12.0. The summed E-state index contributed by atoms with van der Waals surface area (Å²) in [5, 5.41) is 3.66. The predicted molar refractivity (Wildman–Crippen MR) is 93.3 cm³/mol. The van der Waals surface area contributed by atoms with Gasteiger partial charge in [0.1, 0.15) is 18.2 Å². The summed E-state index contributed by atoms with van der Waals surface area (Å²) in [6, 6.07) is 7.09. The first-order valence-electron chi connectivity index (χ1n) is 7.61. The Hall–Kier alpha value is -2.35. The van der Waals surface area contributed by atoms with Crippen LogP contribution >= 0.6 is 11.6 Å². The molecule has 136 valence electrons. The van der Waals surface area contributed by atoms with E-state index < -0.39 is 6.55 Å². The van der Waals surface area contributed by atoms with Gasteiger partial charge in [0.2, 0.25) is 0 Å². The Morgan fingerprint density at radius 2 is 2.12 bits per heavy atom. The molecule has 0 radical (unpaired) electrons. The number of aromatic nitrogens is 2. The van der Waals surface area contributed by atoms with E-state index in [2.05, 4.69) is 15.3 Å². The molecule has 1 aromatic heterocycles. The van der Waals surface area contributed by atoms with Crippen molar-refractivity contribution < 1.29 is 13.5 Å². The fourth-order valence-corrected chi connectivity index (χ4v) is 2.26. The lowest BCUT2D eigenvalue weighted by Gasteiger charge is -2.22. The molecular formula is C16H20ClF2N5O. The molecule has 25 heavy (non-hydrogen) atoms. The van der Waals surface area contributed by atoms with E-state index in [-0.39, 0.29) is 12.4 Å². The van der Waals surface area contributed by atoms with E-state index in [1.165, 1.54) is 12.4 Å². The second kappa shape index (κ2) is 9.22. The number of ether oxygens (including phenoxy) is 1. The molecule has 1 aromatic carbocycles. The van der Waals surface area contributed by atoms with Crippen LogP contribution in [0.15, 0.2) is 41.7 Å². The third-order valence-corrected chi connectivity index (χ3v) is 3.70. The number of hydrogen-bond acceptors (Lipinski definition) is 3. The van der Waals surface area contributed by atoms with E-state index in [4.69, 9.17) is 16.3 Å². The highest BCUT2D eigenvalue weighted by Crippen LogP contribution is 2.15. The molecule has 2 aromatic rings. The van der Waals surface area contributed by atoms with Crippen molar-refractivity contribution in [3.8, 4) is 5.75 Å². The zero-order valence-corrected chi connectivity index (χ0v) is 14.7.